The number of benzene rings is 2. The second kappa shape index (κ2) is 9.28. The molecule has 1 amide bonds. The maximum absolute atomic E-state index is 11.8. The van der Waals surface area contributed by atoms with Gasteiger partial charge in [-0.25, -0.2) is 4.79 Å². The van der Waals surface area contributed by atoms with Crippen LogP contribution < -0.4 is 9.47 Å². The third-order valence-corrected chi connectivity index (χ3v) is 4.50. The second-order valence-corrected chi connectivity index (χ2v) is 6.39. The summed E-state index contributed by atoms with van der Waals surface area (Å²) in [6.45, 7) is 6.21. The van der Waals surface area contributed by atoms with Crippen LogP contribution in [0.5, 0.6) is 17.2 Å². The van der Waals surface area contributed by atoms with Crippen molar-refractivity contribution < 1.29 is 19.0 Å². The highest BCUT2D eigenvalue weighted by Crippen LogP contribution is 2.25. The van der Waals surface area contributed by atoms with E-state index in [0.29, 0.717) is 19.7 Å². The van der Waals surface area contributed by atoms with E-state index in [9.17, 15) is 4.79 Å². The Kier molecular flexibility index (Phi) is 6.54. The van der Waals surface area contributed by atoms with Gasteiger partial charge in [0.05, 0.1) is 13.7 Å². The predicted molar refractivity (Wildman–Crippen MR) is 103 cm³/mol. The lowest BCUT2D eigenvalue weighted by molar-refractivity contribution is 0.0778. The van der Waals surface area contributed by atoms with Crippen LogP contribution in [-0.4, -0.2) is 55.8 Å². The van der Waals surface area contributed by atoms with Crippen LogP contribution in [0.4, 0.5) is 4.79 Å². The van der Waals surface area contributed by atoms with Gasteiger partial charge in [-0.2, -0.15) is 0 Å². The van der Waals surface area contributed by atoms with Gasteiger partial charge in [-0.1, -0.05) is 18.2 Å². The van der Waals surface area contributed by atoms with Crippen LogP contribution in [0.2, 0.25) is 0 Å². The van der Waals surface area contributed by atoms with Gasteiger partial charge >= 0.3 is 6.09 Å². The van der Waals surface area contributed by atoms with E-state index in [-0.39, 0.29) is 6.09 Å². The molecule has 2 aromatic rings. The Hall–Kier alpha value is -2.73. The Bertz CT molecular complexity index is 740. The van der Waals surface area contributed by atoms with E-state index in [0.717, 1.165) is 36.9 Å². The average Bonchev–Trinajstić information content (AvgIpc) is 2.70. The molecule has 0 spiro atoms. The summed E-state index contributed by atoms with van der Waals surface area (Å²) < 4.78 is 16.1. The maximum Gasteiger partial charge on any atom is 0.409 e. The summed E-state index contributed by atoms with van der Waals surface area (Å²) in [5.74, 6) is 2.31. The van der Waals surface area contributed by atoms with Crippen molar-refractivity contribution in [2.75, 3.05) is 39.9 Å². The fourth-order valence-electron chi connectivity index (χ4n) is 3.03. The van der Waals surface area contributed by atoms with Gasteiger partial charge in [0.1, 0.15) is 17.2 Å². The maximum atomic E-state index is 11.8. The van der Waals surface area contributed by atoms with Crippen LogP contribution in [0.15, 0.2) is 48.5 Å². The molecule has 0 unspecified atom stereocenters. The van der Waals surface area contributed by atoms with Gasteiger partial charge < -0.3 is 19.1 Å². The Morgan fingerprint density at radius 2 is 1.67 bits per heavy atom. The number of piperazine rings is 1. The van der Waals surface area contributed by atoms with Crippen molar-refractivity contribution in [3.63, 3.8) is 0 Å². The predicted octanol–water partition coefficient (Wildman–Crippen LogP) is 3.76. The van der Waals surface area contributed by atoms with Crippen LogP contribution in [0.3, 0.4) is 0 Å². The lowest BCUT2D eigenvalue weighted by Crippen LogP contribution is -2.48. The fourth-order valence-corrected chi connectivity index (χ4v) is 3.03. The topological polar surface area (TPSA) is 51.2 Å². The standard InChI is InChI=1S/C21H26N2O4/c1-3-26-21(24)23-13-11-22(12-14-23)16-17-7-9-18(10-8-17)27-20-6-4-5-19(15-20)25-2/h4-10,15H,3,11-14,16H2,1-2H3. The van der Waals surface area contributed by atoms with E-state index in [1.54, 1.807) is 12.0 Å². The molecule has 0 N–H and O–H groups in total. The summed E-state index contributed by atoms with van der Waals surface area (Å²) >= 11 is 0. The lowest BCUT2D eigenvalue weighted by atomic mass is 10.2. The molecule has 0 saturated carbocycles. The Morgan fingerprint density at radius 1 is 0.963 bits per heavy atom. The minimum atomic E-state index is -0.212. The van der Waals surface area contributed by atoms with E-state index in [2.05, 4.69) is 17.0 Å². The smallest absolute Gasteiger partial charge is 0.409 e. The largest absolute Gasteiger partial charge is 0.497 e. The van der Waals surface area contributed by atoms with Gasteiger partial charge in [0.15, 0.2) is 0 Å². The van der Waals surface area contributed by atoms with Crippen molar-refractivity contribution in [1.82, 2.24) is 9.80 Å². The molecule has 1 aliphatic heterocycles. The molecule has 144 valence electrons. The zero-order valence-electron chi connectivity index (χ0n) is 15.9. The normalized spacial score (nSPS) is 14.7. The molecule has 1 saturated heterocycles. The average molecular weight is 370 g/mol. The molecule has 1 fully saturated rings. The summed E-state index contributed by atoms with van der Waals surface area (Å²) in [5, 5.41) is 0. The fraction of sp³-hybridized carbons (Fsp3) is 0.381. The van der Waals surface area contributed by atoms with Gasteiger partial charge in [0, 0.05) is 38.8 Å². The van der Waals surface area contributed by atoms with Gasteiger partial charge in [-0.05, 0) is 36.8 Å². The molecule has 0 bridgehead atoms. The molecule has 1 heterocycles. The molecule has 0 atom stereocenters. The summed E-state index contributed by atoms with van der Waals surface area (Å²) in [5.41, 5.74) is 1.22. The lowest BCUT2D eigenvalue weighted by Gasteiger charge is -2.34. The first-order valence-corrected chi connectivity index (χ1v) is 9.23. The number of methoxy groups -OCH3 is 1. The zero-order chi connectivity index (χ0) is 19.1. The van der Waals surface area contributed by atoms with E-state index in [1.165, 1.54) is 5.56 Å². The van der Waals surface area contributed by atoms with Crippen molar-refractivity contribution >= 4 is 6.09 Å². The minimum Gasteiger partial charge on any atom is -0.497 e. The van der Waals surface area contributed by atoms with Crippen LogP contribution in [-0.2, 0) is 11.3 Å². The van der Waals surface area contributed by atoms with Crippen LogP contribution >= 0.6 is 0 Å². The van der Waals surface area contributed by atoms with Crippen molar-refractivity contribution in [3.8, 4) is 17.2 Å². The number of nitrogens with zero attached hydrogens (tertiary/aromatic N) is 2. The highest BCUT2D eigenvalue weighted by atomic mass is 16.6. The Balaban J connectivity index is 1.50. The monoisotopic (exact) mass is 370 g/mol. The number of amides is 1. The molecule has 6 heteroatoms. The first-order valence-electron chi connectivity index (χ1n) is 9.23. The molecule has 3 rings (SSSR count). The third kappa shape index (κ3) is 5.37. The molecule has 0 radical (unpaired) electrons. The van der Waals surface area contributed by atoms with Crippen molar-refractivity contribution in [2.45, 2.75) is 13.5 Å². The van der Waals surface area contributed by atoms with Crippen molar-refractivity contribution in [2.24, 2.45) is 0 Å². The number of carbonyl (C=O) groups is 1. The van der Waals surface area contributed by atoms with Gasteiger partial charge in [0.25, 0.3) is 0 Å². The first kappa shape index (κ1) is 19.0. The van der Waals surface area contributed by atoms with Crippen molar-refractivity contribution in [3.05, 3.63) is 54.1 Å². The highest BCUT2D eigenvalue weighted by Gasteiger charge is 2.21. The molecule has 0 aromatic heterocycles. The van der Waals surface area contributed by atoms with Gasteiger partial charge in [-0.15, -0.1) is 0 Å². The highest BCUT2D eigenvalue weighted by molar-refractivity contribution is 5.67. The van der Waals surface area contributed by atoms with E-state index in [4.69, 9.17) is 14.2 Å². The van der Waals surface area contributed by atoms with Gasteiger partial charge in [-0.3, -0.25) is 4.90 Å². The number of hydrogen-bond acceptors (Lipinski definition) is 5. The summed E-state index contributed by atoms with van der Waals surface area (Å²) in [6.07, 6.45) is -0.212. The molecule has 27 heavy (non-hydrogen) atoms. The van der Waals surface area contributed by atoms with E-state index in [1.807, 2.05) is 43.3 Å². The summed E-state index contributed by atoms with van der Waals surface area (Å²) in [7, 11) is 1.64. The molecular weight excluding hydrogens is 344 g/mol. The SMILES string of the molecule is CCOC(=O)N1CCN(Cc2ccc(Oc3cccc(OC)c3)cc2)CC1. The Morgan fingerprint density at radius 3 is 2.33 bits per heavy atom. The molecule has 1 aliphatic rings. The quantitative estimate of drug-likeness (QED) is 0.775. The van der Waals surface area contributed by atoms with E-state index >= 15 is 0 Å². The van der Waals surface area contributed by atoms with Gasteiger partial charge in [0.2, 0.25) is 0 Å². The number of carbonyl (C=O) groups excluding carboxylic acids is 1. The number of ether oxygens (including phenoxy) is 3. The third-order valence-electron chi connectivity index (χ3n) is 4.50. The number of rotatable bonds is 6. The molecule has 0 aliphatic carbocycles. The van der Waals surface area contributed by atoms with Crippen LogP contribution in [0, 0.1) is 0 Å². The number of hydrogen-bond donors (Lipinski definition) is 0. The van der Waals surface area contributed by atoms with Crippen LogP contribution in [0.1, 0.15) is 12.5 Å². The molecule has 6 nitrogen and oxygen atoms in total. The second-order valence-electron chi connectivity index (χ2n) is 6.39. The molecule has 2 aromatic carbocycles. The van der Waals surface area contributed by atoms with Crippen LogP contribution in [0.25, 0.3) is 0 Å². The minimum absolute atomic E-state index is 0.212. The Labute approximate surface area is 160 Å². The van der Waals surface area contributed by atoms with E-state index < -0.39 is 0 Å². The summed E-state index contributed by atoms with van der Waals surface area (Å²) in [4.78, 5) is 15.9. The van der Waals surface area contributed by atoms with Crippen molar-refractivity contribution in [1.29, 1.82) is 0 Å². The first-order chi connectivity index (χ1) is 13.2. The molecular formula is C21H26N2O4. The zero-order valence-corrected chi connectivity index (χ0v) is 15.9. The summed E-state index contributed by atoms with van der Waals surface area (Å²) in [6, 6.07) is 15.7.